The van der Waals surface area contributed by atoms with Crippen LogP contribution in [0.1, 0.15) is 60.6 Å². The Morgan fingerprint density at radius 3 is 2.40 bits per heavy atom. The number of fused-ring (bicyclic) bond motifs is 4. The molecule has 5 aliphatic rings. The number of methoxy groups -OCH3 is 1. The molecule has 3 unspecified atom stereocenters. The maximum absolute atomic E-state index is 16.0. The number of aromatic carboxylic acids is 1. The summed E-state index contributed by atoms with van der Waals surface area (Å²) in [4.78, 5) is 72.6. The van der Waals surface area contributed by atoms with Crippen LogP contribution in [0.15, 0.2) is 52.2 Å². The lowest BCUT2D eigenvalue weighted by Gasteiger charge is -2.53. The molecule has 2 aromatic carbocycles. The highest BCUT2D eigenvalue weighted by atomic mass is 19.1. The lowest BCUT2D eigenvalue weighted by Crippen LogP contribution is -2.67. The largest absolute Gasteiger partial charge is 0.508 e. The third kappa shape index (κ3) is 5.83. The predicted molar refractivity (Wildman–Crippen MR) is 212 cm³/mol. The normalized spacial score (nSPS) is 28.2. The maximum atomic E-state index is 16.0. The number of rotatable bonds is 8. The number of ether oxygens (including phenoxy) is 1. The maximum Gasteiger partial charge on any atom is 0.341 e. The summed E-state index contributed by atoms with van der Waals surface area (Å²) in [6, 6.07) is 3.44. The van der Waals surface area contributed by atoms with Crippen LogP contribution in [0.5, 0.6) is 11.5 Å². The van der Waals surface area contributed by atoms with Crippen molar-refractivity contribution in [1.82, 2.24) is 19.7 Å². The number of amides is 1. The number of aliphatic hydroxyl groups is 4. The molecule has 1 aliphatic heterocycles. The molecule has 4 aliphatic carbocycles. The lowest BCUT2D eigenvalue weighted by atomic mass is 9.54. The molecule has 0 radical (unpaired) electrons. The molecule has 17 nitrogen and oxygen atoms in total. The van der Waals surface area contributed by atoms with Crippen molar-refractivity contribution in [3.05, 3.63) is 80.1 Å². The number of ketones is 2. The zero-order chi connectivity index (χ0) is 43.5. The molecular weight excluding hydrogens is 785 g/mol. The van der Waals surface area contributed by atoms with Gasteiger partial charge in [-0.25, -0.2) is 9.18 Å². The summed E-state index contributed by atoms with van der Waals surface area (Å²) in [6.07, 6.45) is 2.48. The van der Waals surface area contributed by atoms with Gasteiger partial charge in [0.1, 0.15) is 34.1 Å². The van der Waals surface area contributed by atoms with Gasteiger partial charge in [-0.3, -0.25) is 29.0 Å². The minimum atomic E-state index is -2.88. The number of carbonyl (C=O) groups is 4. The van der Waals surface area contributed by atoms with E-state index in [1.54, 1.807) is 9.47 Å². The van der Waals surface area contributed by atoms with E-state index in [2.05, 4.69) is 5.32 Å². The van der Waals surface area contributed by atoms with Crippen LogP contribution in [-0.4, -0.2) is 134 Å². The van der Waals surface area contributed by atoms with Crippen molar-refractivity contribution in [2.45, 2.75) is 62.4 Å². The number of nitrogens with one attached hydrogen (secondary N) is 1. The molecule has 3 fully saturated rings. The molecule has 3 aromatic rings. The van der Waals surface area contributed by atoms with Gasteiger partial charge >= 0.3 is 5.97 Å². The second-order valence-electron chi connectivity index (χ2n) is 16.8. The Hall–Kier alpha value is -5.82. The monoisotopic (exact) mass is 831 g/mol. The Bertz CT molecular complexity index is 2540. The summed E-state index contributed by atoms with van der Waals surface area (Å²) in [5.74, 6) is -10.2. The van der Waals surface area contributed by atoms with Gasteiger partial charge in [-0.15, -0.1) is 0 Å². The van der Waals surface area contributed by atoms with Crippen molar-refractivity contribution in [2.24, 2.45) is 11.8 Å². The van der Waals surface area contributed by atoms with E-state index in [0.29, 0.717) is 0 Å². The highest BCUT2D eigenvalue weighted by Gasteiger charge is 2.66. The third-order valence-corrected chi connectivity index (χ3v) is 13.1. The summed E-state index contributed by atoms with van der Waals surface area (Å²) in [6.45, 7) is 3.67. The molecule has 1 saturated heterocycles. The number of aromatic hydroxyl groups is 1. The van der Waals surface area contributed by atoms with Gasteiger partial charge < -0.3 is 50.2 Å². The molecular formula is C42H46FN5O12. The molecule has 6 atom stereocenters. The van der Waals surface area contributed by atoms with Crippen LogP contribution in [0.4, 0.5) is 10.1 Å². The van der Waals surface area contributed by atoms with Gasteiger partial charge in [0.05, 0.1) is 41.9 Å². The second kappa shape index (κ2) is 14.1. The first-order valence-electron chi connectivity index (χ1n) is 19.6. The van der Waals surface area contributed by atoms with Crippen molar-refractivity contribution in [3.8, 4) is 11.5 Å². The minimum absolute atomic E-state index is 0.0790. The van der Waals surface area contributed by atoms with Crippen LogP contribution >= 0.6 is 0 Å². The molecule has 2 heterocycles. The van der Waals surface area contributed by atoms with Gasteiger partial charge in [-0.05, 0) is 64.9 Å². The number of likely N-dealkylation sites (N-methyl/N-ethyl adjacent to an activating group) is 1. The Balaban J connectivity index is 1.07. The summed E-state index contributed by atoms with van der Waals surface area (Å²) in [7, 11) is 4.36. The van der Waals surface area contributed by atoms with Crippen molar-refractivity contribution in [1.29, 1.82) is 0 Å². The number of pyridine rings is 1. The molecule has 2 saturated carbocycles. The average molecular weight is 832 g/mol. The van der Waals surface area contributed by atoms with E-state index in [4.69, 9.17) is 4.74 Å². The standard InChI is InChI=1S/C42H46FN5O12/c1-18-15-46(32-25(43)13-20-30(36(32)60-5)48(19-9-10-19)16-21(33(20)50)40(56)57)11-12-47(18)17-44-39(55)29-35(52)31(45(3)4)24-14-23-28(37(53)42(24,59)38(29)54)34(51)27-22(41(23,2)58)7-6-8-26(27)49/h6-8,13,16,18-19,23-24,31,49,51,54,58-59H,9-12,14-15,17H2,1-5H3,(H,44,55)(H,56,57)/t18?,23?,24?,31-,41+,42-/m0/s1. The van der Waals surface area contributed by atoms with Crippen LogP contribution in [-0.2, 0) is 20.0 Å². The number of aliphatic hydroxyl groups excluding tert-OH is 2. The molecule has 60 heavy (non-hydrogen) atoms. The Labute approximate surface area is 342 Å². The van der Waals surface area contributed by atoms with E-state index in [1.807, 2.05) is 11.8 Å². The number of halogens is 1. The molecule has 7 N–H and O–H groups in total. The van der Waals surface area contributed by atoms with Gasteiger partial charge in [0.15, 0.2) is 23.0 Å². The van der Waals surface area contributed by atoms with Crippen LogP contribution in [0.25, 0.3) is 16.7 Å². The van der Waals surface area contributed by atoms with Crippen molar-refractivity contribution >= 4 is 45.8 Å². The molecule has 318 valence electrons. The summed E-state index contributed by atoms with van der Waals surface area (Å²) < 4.78 is 23.4. The highest BCUT2D eigenvalue weighted by Crippen LogP contribution is 2.57. The van der Waals surface area contributed by atoms with Crippen molar-refractivity contribution in [2.75, 3.05) is 52.4 Å². The number of benzene rings is 2. The first-order chi connectivity index (χ1) is 28.3. The first kappa shape index (κ1) is 40.9. The van der Waals surface area contributed by atoms with Gasteiger partial charge in [0, 0.05) is 55.3 Å². The van der Waals surface area contributed by atoms with Crippen LogP contribution in [0.3, 0.4) is 0 Å². The Morgan fingerprint density at radius 1 is 1.08 bits per heavy atom. The number of carboxylic acids is 1. The number of hydrogen-bond donors (Lipinski definition) is 7. The summed E-state index contributed by atoms with van der Waals surface area (Å²) in [5.41, 5.74) is -7.08. The fourth-order valence-corrected chi connectivity index (χ4v) is 9.90. The average Bonchev–Trinajstić information content (AvgIpc) is 4.03. The van der Waals surface area contributed by atoms with E-state index >= 15 is 4.39 Å². The number of hydrogen-bond acceptors (Lipinski definition) is 14. The fraction of sp³-hybridized carbons (Fsp3) is 0.452. The molecule has 18 heteroatoms. The SMILES string of the molecule is COc1c(N2CCN(CNC(=O)C3=C(O)[C@@]4(O)C(=O)C5=C(O)c6c(O)cccc6[C@@](C)(O)C5CC4[C@H](N(C)C)C3=O)C(C)C2)c(F)cc2c(=O)c(C(=O)O)cn(C3CC3)c12. The number of phenols is 1. The summed E-state index contributed by atoms with van der Waals surface area (Å²) in [5, 5.41) is 70.0. The van der Waals surface area contributed by atoms with Gasteiger partial charge in [-0.2, -0.15) is 0 Å². The topological polar surface area (TPSA) is 243 Å². The number of piperazine rings is 1. The summed E-state index contributed by atoms with van der Waals surface area (Å²) >= 11 is 0. The number of carboxylic acid groups (broad SMARTS) is 1. The van der Waals surface area contributed by atoms with Gasteiger partial charge in [0.2, 0.25) is 11.2 Å². The van der Waals surface area contributed by atoms with E-state index in [0.717, 1.165) is 18.9 Å². The number of anilines is 1. The van der Waals surface area contributed by atoms with Gasteiger partial charge in [-0.1, -0.05) is 12.1 Å². The minimum Gasteiger partial charge on any atom is -0.508 e. The number of phenolic OH excluding ortho intramolecular Hbond substituents is 1. The molecule has 8 rings (SSSR count). The first-order valence-corrected chi connectivity index (χ1v) is 19.6. The van der Waals surface area contributed by atoms with E-state index in [9.17, 15) is 54.6 Å². The molecule has 1 amide bonds. The van der Waals surface area contributed by atoms with Crippen LogP contribution in [0.2, 0.25) is 0 Å². The predicted octanol–water partition coefficient (Wildman–Crippen LogP) is 1.92. The number of aromatic nitrogens is 1. The second-order valence-corrected chi connectivity index (χ2v) is 16.8. The molecule has 0 spiro atoms. The van der Waals surface area contributed by atoms with E-state index < -0.39 is 97.7 Å². The molecule has 0 bridgehead atoms. The van der Waals surface area contributed by atoms with E-state index in [-0.39, 0.29) is 78.3 Å². The highest BCUT2D eigenvalue weighted by molar-refractivity contribution is 6.25. The zero-order valence-corrected chi connectivity index (χ0v) is 33.5. The Morgan fingerprint density at radius 2 is 1.78 bits per heavy atom. The smallest absolute Gasteiger partial charge is 0.341 e. The number of Topliss-reactive ketones (excluding diaryl/α,β-unsaturated/α-hetero) is 2. The third-order valence-electron chi connectivity index (χ3n) is 13.1. The Kier molecular flexibility index (Phi) is 9.65. The quantitative estimate of drug-likeness (QED) is 0.161. The number of carbonyl (C=O) groups excluding carboxylic acids is 3. The van der Waals surface area contributed by atoms with E-state index in [1.165, 1.54) is 57.4 Å². The van der Waals surface area contributed by atoms with Crippen molar-refractivity contribution < 1.29 is 58.9 Å². The van der Waals surface area contributed by atoms with Gasteiger partial charge in [0.25, 0.3) is 5.91 Å². The lowest BCUT2D eigenvalue weighted by molar-refractivity contribution is -0.159. The fourth-order valence-electron chi connectivity index (χ4n) is 9.90. The zero-order valence-electron chi connectivity index (χ0n) is 33.5. The van der Waals surface area contributed by atoms with Crippen LogP contribution < -0.4 is 20.4 Å². The molecule has 1 aromatic heterocycles. The van der Waals surface area contributed by atoms with Crippen molar-refractivity contribution in [3.63, 3.8) is 0 Å². The van der Waals surface area contributed by atoms with Crippen LogP contribution in [0, 0.1) is 17.7 Å². The number of nitrogens with zero attached hydrogens (tertiary/aromatic N) is 4.